The molecule has 0 spiro atoms. The van der Waals surface area contributed by atoms with Crippen LogP contribution in [0.25, 0.3) is 0 Å². The Labute approximate surface area is 123 Å². The molecule has 8 heteroatoms. The quantitative estimate of drug-likeness (QED) is 0.603. The van der Waals surface area contributed by atoms with E-state index >= 15 is 0 Å². The third-order valence-electron chi connectivity index (χ3n) is 2.04. The van der Waals surface area contributed by atoms with E-state index in [1.807, 2.05) is 6.07 Å². The summed E-state index contributed by atoms with van der Waals surface area (Å²) in [5.41, 5.74) is -0.548. The van der Waals surface area contributed by atoms with Crippen molar-refractivity contribution in [2.75, 3.05) is 0 Å². The average molecular weight is 315 g/mol. The van der Waals surface area contributed by atoms with E-state index in [4.69, 9.17) is 23.2 Å². The molecule has 104 valence electrons. The van der Waals surface area contributed by atoms with Crippen LogP contribution in [0.15, 0.2) is 48.5 Å². The molecule has 20 heavy (non-hydrogen) atoms. The SMILES string of the molecule is Clc1cccc(Cl)c1.O=[N+]([O-])c1cccc([N+](=O)[O-])c1. The van der Waals surface area contributed by atoms with Crippen molar-refractivity contribution in [1.82, 2.24) is 0 Å². The lowest BCUT2D eigenvalue weighted by Gasteiger charge is -1.90. The molecule has 0 aliphatic rings. The van der Waals surface area contributed by atoms with E-state index in [1.54, 1.807) is 18.2 Å². The first-order valence-corrected chi connectivity index (χ1v) is 5.95. The van der Waals surface area contributed by atoms with Gasteiger partial charge < -0.3 is 0 Å². The summed E-state index contributed by atoms with van der Waals surface area (Å²) in [6.45, 7) is 0. The monoisotopic (exact) mass is 314 g/mol. The lowest BCUT2D eigenvalue weighted by molar-refractivity contribution is -0.394. The summed E-state index contributed by atoms with van der Waals surface area (Å²) in [6, 6.07) is 11.7. The van der Waals surface area contributed by atoms with Gasteiger partial charge in [-0.3, -0.25) is 20.2 Å². The fourth-order valence-corrected chi connectivity index (χ4v) is 1.62. The molecule has 0 saturated carbocycles. The Balaban J connectivity index is 0.000000217. The molecule has 0 amide bonds. The van der Waals surface area contributed by atoms with Gasteiger partial charge in [0.2, 0.25) is 0 Å². The van der Waals surface area contributed by atoms with Gasteiger partial charge in [-0.15, -0.1) is 0 Å². The molecule has 0 N–H and O–H groups in total. The normalized spacial score (nSPS) is 9.30. The lowest BCUT2D eigenvalue weighted by atomic mass is 10.3. The predicted molar refractivity (Wildman–Crippen MR) is 76.2 cm³/mol. The number of halogens is 2. The topological polar surface area (TPSA) is 86.3 Å². The van der Waals surface area contributed by atoms with Crippen LogP contribution in [0.1, 0.15) is 0 Å². The molecule has 2 aromatic rings. The van der Waals surface area contributed by atoms with Crippen molar-refractivity contribution in [1.29, 1.82) is 0 Å². The van der Waals surface area contributed by atoms with Gasteiger partial charge in [0.1, 0.15) is 0 Å². The van der Waals surface area contributed by atoms with Crippen molar-refractivity contribution in [3.63, 3.8) is 0 Å². The maximum Gasteiger partial charge on any atom is 0.276 e. The van der Waals surface area contributed by atoms with E-state index in [0.29, 0.717) is 10.0 Å². The smallest absolute Gasteiger partial charge is 0.258 e. The molecule has 0 unspecified atom stereocenters. The van der Waals surface area contributed by atoms with E-state index in [9.17, 15) is 20.2 Å². The fraction of sp³-hybridized carbons (Fsp3) is 0. The Bertz CT molecular complexity index is 588. The molecule has 0 aromatic heterocycles. The van der Waals surface area contributed by atoms with Crippen LogP contribution in [0.5, 0.6) is 0 Å². The van der Waals surface area contributed by atoms with Gasteiger partial charge in [-0.2, -0.15) is 0 Å². The van der Waals surface area contributed by atoms with Crippen LogP contribution >= 0.6 is 23.2 Å². The number of non-ortho nitro benzene ring substituents is 2. The molecule has 6 nitrogen and oxygen atoms in total. The zero-order valence-electron chi connectivity index (χ0n) is 9.90. The highest BCUT2D eigenvalue weighted by atomic mass is 35.5. The third-order valence-corrected chi connectivity index (χ3v) is 2.51. The zero-order chi connectivity index (χ0) is 15.1. The molecule has 0 atom stereocenters. The molecule has 0 heterocycles. The van der Waals surface area contributed by atoms with E-state index in [0.717, 1.165) is 6.07 Å². The maximum absolute atomic E-state index is 10.2. The van der Waals surface area contributed by atoms with Crippen molar-refractivity contribution < 1.29 is 9.85 Å². The molecular weight excluding hydrogens is 307 g/mol. The zero-order valence-corrected chi connectivity index (χ0v) is 11.4. The van der Waals surface area contributed by atoms with Gasteiger partial charge in [-0.05, 0) is 24.3 Å². The standard InChI is InChI=1S/C6H4Cl2.C6H4N2O4/c7-5-2-1-3-6(8)4-5;9-7(10)5-2-1-3-6(4-5)8(11)12/h1-4H;1-4H. The molecule has 0 bridgehead atoms. The maximum atomic E-state index is 10.2. The van der Waals surface area contributed by atoms with E-state index in [2.05, 4.69) is 0 Å². The molecule has 0 aliphatic heterocycles. The van der Waals surface area contributed by atoms with Gasteiger partial charge in [0.15, 0.2) is 0 Å². The summed E-state index contributed by atoms with van der Waals surface area (Å²) >= 11 is 11.1. The molecular formula is C12H8Cl2N2O4. The molecule has 2 rings (SSSR count). The van der Waals surface area contributed by atoms with E-state index in [-0.39, 0.29) is 11.4 Å². The summed E-state index contributed by atoms with van der Waals surface area (Å²) in [7, 11) is 0. The van der Waals surface area contributed by atoms with Crippen molar-refractivity contribution >= 4 is 34.6 Å². The highest BCUT2D eigenvalue weighted by Gasteiger charge is 2.11. The molecule has 2 aromatic carbocycles. The molecule has 0 saturated heterocycles. The van der Waals surface area contributed by atoms with Crippen LogP contribution in [0, 0.1) is 20.2 Å². The first-order chi connectivity index (χ1) is 9.40. The number of nitro groups is 2. The van der Waals surface area contributed by atoms with Crippen molar-refractivity contribution in [3.05, 3.63) is 78.8 Å². The van der Waals surface area contributed by atoms with E-state index < -0.39 is 9.85 Å². The summed E-state index contributed by atoms with van der Waals surface area (Å²) < 4.78 is 0. The predicted octanol–water partition coefficient (Wildman–Crippen LogP) is 4.50. The van der Waals surface area contributed by atoms with Crippen molar-refractivity contribution in [3.8, 4) is 0 Å². The number of rotatable bonds is 2. The van der Waals surface area contributed by atoms with Crippen molar-refractivity contribution in [2.45, 2.75) is 0 Å². The first-order valence-electron chi connectivity index (χ1n) is 5.20. The van der Waals surface area contributed by atoms with Gasteiger partial charge in [0, 0.05) is 22.2 Å². The number of hydrogen-bond acceptors (Lipinski definition) is 4. The van der Waals surface area contributed by atoms with Gasteiger partial charge in [-0.25, -0.2) is 0 Å². The Kier molecular flexibility index (Phi) is 5.89. The number of hydrogen-bond donors (Lipinski definition) is 0. The lowest BCUT2D eigenvalue weighted by Crippen LogP contribution is -1.91. The van der Waals surface area contributed by atoms with Crippen LogP contribution in [-0.4, -0.2) is 9.85 Å². The highest BCUT2D eigenvalue weighted by molar-refractivity contribution is 6.34. The highest BCUT2D eigenvalue weighted by Crippen LogP contribution is 2.18. The third kappa shape index (κ3) is 5.21. The average Bonchev–Trinajstić information content (AvgIpc) is 2.39. The van der Waals surface area contributed by atoms with Gasteiger partial charge >= 0.3 is 0 Å². The summed E-state index contributed by atoms with van der Waals surface area (Å²) in [6.07, 6.45) is 0. The molecule has 0 aliphatic carbocycles. The molecule has 0 fully saturated rings. The van der Waals surface area contributed by atoms with Crippen LogP contribution < -0.4 is 0 Å². The van der Waals surface area contributed by atoms with Crippen LogP contribution in [0.3, 0.4) is 0 Å². The van der Waals surface area contributed by atoms with Crippen LogP contribution in [0.2, 0.25) is 10.0 Å². The largest absolute Gasteiger partial charge is 0.276 e. The minimum Gasteiger partial charge on any atom is -0.258 e. The summed E-state index contributed by atoms with van der Waals surface area (Å²) in [4.78, 5) is 19.0. The van der Waals surface area contributed by atoms with E-state index in [1.165, 1.54) is 18.2 Å². The molecule has 0 radical (unpaired) electrons. The summed E-state index contributed by atoms with van der Waals surface area (Å²) in [5.74, 6) is 0. The van der Waals surface area contributed by atoms with Gasteiger partial charge in [-0.1, -0.05) is 29.3 Å². The Morgan fingerprint density at radius 1 is 0.750 bits per heavy atom. The second kappa shape index (κ2) is 7.42. The Morgan fingerprint density at radius 3 is 1.45 bits per heavy atom. The second-order valence-corrected chi connectivity index (χ2v) is 4.35. The number of nitro benzene ring substituents is 2. The van der Waals surface area contributed by atoms with Gasteiger partial charge in [0.05, 0.1) is 15.9 Å². The van der Waals surface area contributed by atoms with Crippen LogP contribution in [0.4, 0.5) is 11.4 Å². The fourth-order valence-electron chi connectivity index (χ4n) is 1.18. The summed E-state index contributed by atoms with van der Waals surface area (Å²) in [5, 5.41) is 21.7. The Hall–Kier alpha value is -2.18. The number of nitrogens with zero attached hydrogens (tertiary/aromatic N) is 2. The minimum absolute atomic E-state index is 0.274. The second-order valence-electron chi connectivity index (χ2n) is 3.47. The number of benzene rings is 2. The van der Waals surface area contributed by atoms with Crippen LogP contribution in [-0.2, 0) is 0 Å². The minimum atomic E-state index is -0.674. The van der Waals surface area contributed by atoms with Gasteiger partial charge in [0.25, 0.3) is 11.4 Å². The first kappa shape index (κ1) is 15.9. The van der Waals surface area contributed by atoms with Crippen molar-refractivity contribution in [2.24, 2.45) is 0 Å². The Morgan fingerprint density at radius 2 is 1.15 bits per heavy atom.